The first kappa shape index (κ1) is 32.6. The molecule has 10 rings (SSSR count). The van der Waals surface area contributed by atoms with Crippen molar-refractivity contribution in [2.75, 3.05) is 0 Å². The van der Waals surface area contributed by atoms with Gasteiger partial charge in [-0.1, -0.05) is 194 Å². The van der Waals surface area contributed by atoms with Crippen LogP contribution < -0.4 is 0 Å². The molecule has 0 bridgehead atoms. The van der Waals surface area contributed by atoms with Gasteiger partial charge in [0.1, 0.15) is 0 Å². The lowest BCUT2D eigenvalue weighted by Crippen LogP contribution is -2.00. The Morgan fingerprint density at radius 2 is 0.600 bits per heavy atom. The van der Waals surface area contributed by atoms with Crippen molar-refractivity contribution >= 4 is 31.5 Å². The van der Waals surface area contributed by atoms with Gasteiger partial charge in [0.15, 0.2) is 17.5 Å². The van der Waals surface area contributed by atoms with Crippen LogP contribution in [0.3, 0.4) is 0 Å². The lowest BCUT2D eigenvalue weighted by molar-refractivity contribution is 1.07. The SMILES string of the molecule is c1ccc(-c2ccc(-c3cccc4c3sc3c(-c5ccc(-c6cccc(-c7nc(-c8ccccc8)nc(-c8ccccc8)n7)c6)cc5)cccc34)cc2)cc1. The number of thiophene rings is 1. The Balaban J connectivity index is 0.988. The van der Waals surface area contributed by atoms with E-state index in [0.717, 1.165) is 27.8 Å². The molecule has 0 saturated carbocycles. The van der Waals surface area contributed by atoms with E-state index in [1.54, 1.807) is 0 Å². The number of fused-ring (bicyclic) bond motifs is 3. The van der Waals surface area contributed by atoms with Crippen LogP contribution in [-0.2, 0) is 0 Å². The Kier molecular flexibility index (Phi) is 8.36. The molecule has 0 aliphatic rings. The number of hydrogen-bond acceptors (Lipinski definition) is 4. The largest absolute Gasteiger partial charge is 0.208 e. The van der Waals surface area contributed by atoms with Gasteiger partial charge in [-0.05, 0) is 50.6 Å². The van der Waals surface area contributed by atoms with Crippen LogP contribution in [0.15, 0.2) is 200 Å². The van der Waals surface area contributed by atoms with Gasteiger partial charge in [0.25, 0.3) is 0 Å². The summed E-state index contributed by atoms with van der Waals surface area (Å²) in [6.45, 7) is 0. The third-order valence-corrected chi connectivity index (χ3v) is 11.5. The predicted molar refractivity (Wildman–Crippen MR) is 231 cm³/mol. The Morgan fingerprint density at radius 3 is 1.09 bits per heavy atom. The van der Waals surface area contributed by atoms with Crippen molar-refractivity contribution in [1.82, 2.24) is 15.0 Å². The Morgan fingerprint density at radius 1 is 0.255 bits per heavy atom. The molecule has 0 amide bonds. The molecule has 2 heterocycles. The van der Waals surface area contributed by atoms with Crippen LogP contribution >= 0.6 is 11.3 Å². The maximum absolute atomic E-state index is 4.96. The van der Waals surface area contributed by atoms with E-state index in [1.165, 1.54) is 53.6 Å². The number of aromatic nitrogens is 3. The van der Waals surface area contributed by atoms with Gasteiger partial charge >= 0.3 is 0 Å². The van der Waals surface area contributed by atoms with E-state index in [9.17, 15) is 0 Å². The molecule has 0 saturated heterocycles. The Bertz CT molecular complexity index is 2880. The zero-order valence-corrected chi connectivity index (χ0v) is 30.6. The quantitative estimate of drug-likeness (QED) is 0.165. The summed E-state index contributed by atoms with van der Waals surface area (Å²) in [7, 11) is 0. The average molecular weight is 720 g/mol. The lowest BCUT2D eigenvalue weighted by atomic mass is 9.97. The Labute approximate surface area is 323 Å². The molecular formula is C51H33N3S. The van der Waals surface area contributed by atoms with E-state index in [4.69, 9.17) is 15.0 Å². The molecular weight excluding hydrogens is 687 g/mol. The fraction of sp³-hybridized carbons (Fsp3) is 0. The van der Waals surface area contributed by atoms with E-state index in [2.05, 4.69) is 140 Å². The lowest BCUT2D eigenvalue weighted by Gasteiger charge is -2.10. The number of benzene rings is 8. The molecule has 0 radical (unpaired) electrons. The monoisotopic (exact) mass is 719 g/mol. The van der Waals surface area contributed by atoms with Crippen molar-refractivity contribution in [2.24, 2.45) is 0 Å². The highest BCUT2D eigenvalue weighted by molar-refractivity contribution is 7.26. The van der Waals surface area contributed by atoms with Gasteiger partial charge in [0.05, 0.1) is 0 Å². The van der Waals surface area contributed by atoms with Gasteiger partial charge in [-0.3, -0.25) is 0 Å². The molecule has 0 aliphatic carbocycles. The second kappa shape index (κ2) is 14.1. The van der Waals surface area contributed by atoms with Gasteiger partial charge in [-0.2, -0.15) is 0 Å². The van der Waals surface area contributed by atoms with E-state index < -0.39 is 0 Å². The fourth-order valence-electron chi connectivity index (χ4n) is 7.37. The van der Waals surface area contributed by atoms with E-state index in [-0.39, 0.29) is 0 Å². The van der Waals surface area contributed by atoms with Crippen LogP contribution in [-0.4, -0.2) is 15.0 Å². The first-order valence-electron chi connectivity index (χ1n) is 18.4. The zero-order valence-electron chi connectivity index (χ0n) is 29.8. The van der Waals surface area contributed by atoms with Gasteiger partial charge in [-0.25, -0.2) is 15.0 Å². The summed E-state index contributed by atoms with van der Waals surface area (Å²) < 4.78 is 2.62. The van der Waals surface area contributed by atoms with Crippen LogP contribution in [0.5, 0.6) is 0 Å². The topological polar surface area (TPSA) is 38.7 Å². The van der Waals surface area contributed by atoms with Gasteiger partial charge in [-0.15, -0.1) is 11.3 Å². The van der Waals surface area contributed by atoms with Crippen molar-refractivity contribution in [3.8, 4) is 78.7 Å². The average Bonchev–Trinajstić information content (AvgIpc) is 3.67. The number of rotatable bonds is 7. The molecule has 0 N–H and O–H groups in total. The standard InChI is InChI=1S/C51H33N3S/c1-4-13-34(14-5-1)35-25-29-37(30-26-35)43-21-11-23-45-46-24-12-22-44(48(46)55-47(43)45)38-31-27-36(28-32-38)41-19-10-20-42(33-41)51-53-49(39-15-6-2-7-16-39)52-50(54-51)40-17-8-3-9-18-40/h1-33H. The third-order valence-electron chi connectivity index (χ3n) is 10.2. The molecule has 4 heteroatoms. The fourth-order valence-corrected chi connectivity index (χ4v) is 8.74. The zero-order chi connectivity index (χ0) is 36.6. The van der Waals surface area contributed by atoms with Crippen molar-refractivity contribution in [3.05, 3.63) is 200 Å². The molecule has 0 fully saturated rings. The summed E-state index contributed by atoms with van der Waals surface area (Å²) in [6, 6.07) is 70.5. The summed E-state index contributed by atoms with van der Waals surface area (Å²) >= 11 is 1.89. The highest BCUT2D eigenvalue weighted by Gasteiger charge is 2.16. The second-order valence-electron chi connectivity index (χ2n) is 13.6. The summed E-state index contributed by atoms with van der Waals surface area (Å²) in [5.74, 6) is 1.96. The van der Waals surface area contributed by atoms with Gasteiger partial charge < -0.3 is 0 Å². The van der Waals surface area contributed by atoms with E-state index in [1.807, 2.05) is 72.0 Å². The summed E-state index contributed by atoms with van der Waals surface area (Å²) in [5, 5.41) is 2.59. The number of nitrogens with zero attached hydrogens (tertiary/aromatic N) is 3. The molecule has 0 unspecified atom stereocenters. The second-order valence-corrected chi connectivity index (χ2v) is 14.6. The maximum Gasteiger partial charge on any atom is 0.164 e. The third kappa shape index (κ3) is 6.29. The van der Waals surface area contributed by atoms with Gasteiger partial charge in [0.2, 0.25) is 0 Å². The molecule has 0 atom stereocenters. The van der Waals surface area contributed by atoms with E-state index in [0.29, 0.717) is 17.5 Å². The molecule has 2 aromatic heterocycles. The summed E-state index contributed by atoms with van der Waals surface area (Å²) in [6.07, 6.45) is 0. The molecule has 8 aromatic carbocycles. The minimum absolute atomic E-state index is 0.647. The summed E-state index contributed by atoms with van der Waals surface area (Å²) in [5.41, 5.74) is 12.5. The maximum atomic E-state index is 4.96. The summed E-state index contributed by atoms with van der Waals surface area (Å²) in [4.78, 5) is 14.8. The van der Waals surface area contributed by atoms with Crippen LogP contribution in [0.2, 0.25) is 0 Å². The first-order valence-corrected chi connectivity index (χ1v) is 19.3. The molecule has 10 aromatic rings. The van der Waals surface area contributed by atoms with Crippen molar-refractivity contribution < 1.29 is 0 Å². The van der Waals surface area contributed by atoms with Crippen molar-refractivity contribution in [1.29, 1.82) is 0 Å². The van der Waals surface area contributed by atoms with Crippen molar-refractivity contribution in [2.45, 2.75) is 0 Å². The molecule has 0 spiro atoms. The van der Waals surface area contributed by atoms with Crippen LogP contribution in [0.25, 0.3) is 98.8 Å². The first-order chi connectivity index (χ1) is 27.2. The van der Waals surface area contributed by atoms with Gasteiger partial charge in [0, 0.05) is 36.9 Å². The molecule has 55 heavy (non-hydrogen) atoms. The minimum Gasteiger partial charge on any atom is -0.208 e. The minimum atomic E-state index is 0.647. The van der Waals surface area contributed by atoms with E-state index >= 15 is 0 Å². The van der Waals surface area contributed by atoms with Crippen LogP contribution in [0.1, 0.15) is 0 Å². The number of hydrogen-bond donors (Lipinski definition) is 0. The molecule has 3 nitrogen and oxygen atoms in total. The molecule has 0 aliphatic heterocycles. The van der Waals surface area contributed by atoms with Crippen molar-refractivity contribution in [3.63, 3.8) is 0 Å². The van der Waals surface area contributed by atoms with Crippen LogP contribution in [0, 0.1) is 0 Å². The highest BCUT2D eigenvalue weighted by atomic mass is 32.1. The molecule has 258 valence electrons. The van der Waals surface area contributed by atoms with Crippen LogP contribution in [0.4, 0.5) is 0 Å². The smallest absolute Gasteiger partial charge is 0.164 e. The Hall–Kier alpha value is -7.01. The normalized spacial score (nSPS) is 11.3. The predicted octanol–water partition coefficient (Wildman–Crippen LogP) is 13.9. The highest BCUT2D eigenvalue weighted by Crippen LogP contribution is 2.44.